The lowest BCUT2D eigenvalue weighted by molar-refractivity contribution is -0.144. The van der Waals surface area contributed by atoms with Gasteiger partial charge in [0.15, 0.2) is 12.4 Å². The van der Waals surface area contributed by atoms with E-state index in [-0.39, 0.29) is 11.5 Å². The molecule has 0 heterocycles. The van der Waals surface area contributed by atoms with E-state index in [0.29, 0.717) is 17.7 Å². The third kappa shape index (κ3) is 6.49. The summed E-state index contributed by atoms with van der Waals surface area (Å²) in [4.78, 5) is 36.9. The molecule has 0 saturated heterocycles. The molecule has 0 saturated carbocycles. The van der Waals surface area contributed by atoms with E-state index in [1.54, 1.807) is 18.2 Å². The summed E-state index contributed by atoms with van der Waals surface area (Å²) < 4.78 is 18.0. The third-order valence-electron chi connectivity index (χ3n) is 3.99. The van der Waals surface area contributed by atoms with E-state index < -0.39 is 30.2 Å². The summed E-state index contributed by atoms with van der Waals surface area (Å²) in [5.41, 5.74) is 1.63. The fourth-order valence-corrected chi connectivity index (χ4v) is 2.94. The van der Waals surface area contributed by atoms with Gasteiger partial charge < -0.3 is 10.1 Å². The molecule has 28 heavy (non-hydrogen) atoms. The maximum atomic E-state index is 12.9. The van der Waals surface area contributed by atoms with Gasteiger partial charge in [-0.15, -0.1) is 0 Å². The van der Waals surface area contributed by atoms with E-state index in [0.717, 1.165) is 5.56 Å². The van der Waals surface area contributed by atoms with E-state index in [9.17, 15) is 18.8 Å². The summed E-state index contributed by atoms with van der Waals surface area (Å²) in [6.07, 6.45) is 2.27. The van der Waals surface area contributed by atoms with E-state index in [4.69, 9.17) is 4.74 Å². The average molecular weight is 403 g/mol. The number of thioether (sulfide) groups is 1. The first-order valence-electron chi connectivity index (χ1n) is 8.72. The number of rotatable bonds is 9. The van der Waals surface area contributed by atoms with Crippen molar-refractivity contribution in [1.29, 1.82) is 0 Å². The normalized spacial score (nSPS) is 11.5. The summed E-state index contributed by atoms with van der Waals surface area (Å²) >= 11 is 1.53. The fourth-order valence-electron chi connectivity index (χ4n) is 2.47. The molecule has 0 spiro atoms. The van der Waals surface area contributed by atoms with Crippen molar-refractivity contribution in [2.24, 2.45) is 0 Å². The monoisotopic (exact) mass is 403 g/mol. The third-order valence-corrected chi connectivity index (χ3v) is 4.64. The molecule has 1 N–H and O–H groups in total. The van der Waals surface area contributed by atoms with Crippen LogP contribution in [-0.4, -0.2) is 42.3 Å². The topological polar surface area (TPSA) is 72.5 Å². The zero-order valence-corrected chi connectivity index (χ0v) is 16.6. The Balaban J connectivity index is 1.98. The van der Waals surface area contributed by atoms with Crippen LogP contribution in [0.3, 0.4) is 0 Å². The van der Waals surface area contributed by atoms with Gasteiger partial charge in [-0.3, -0.25) is 9.59 Å². The van der Waals surface area contributed by atoms with E-state index in [2.05, 4.69) is 5.32 Å². The lowest BCUT2D eigenvalue weighted by atomic mass is 10.1. The Kier molecular flexibility index (Phi) is 8.19. The molecular formula is C21H22FNO4S. The number of ether oxygens (including phenoxy) is 1. The van der Waals surface area contributed by atoms with Crippen LogP contribution in [0.5, 0.6) is 0 Å². The van der Waals surface area contributed by atoms with Crippen LogP contribution < -0.4 is 5.32 Å². The highest BCUT2D eigenvalue weighted by atomic mass is 32.2. The Morgan fingerprint density at radius 1 is 1.11 bits per heavy atom. The zero-order chi connectivity index (χ0) is 20.5. The molecule has 148 valence electrons. The predicted molar refractivity (Wildman–Crippen MR) is 107 cm³/mol. The number of esters is 1. The number of benzene rings is 2. The fraction of sp³-hybridized carbons (Fsp3) is 0.286. The van der Waals surface area contributed by atoms with Crippen LogP contribution in [-0.2, 0) is 9.53 Å². The molecule has 2 aromatic rings. The van der Waals surface area contributed by atoms with Crippen LogP contribution in [0.4, 0.5) is 4.39 Å². The first-order valence-corrected chi connectivity index (χ1v) is 10.1. The second kappa shape index (κ2) is 10.6. The molecule has 0 aromatic heterocycles. The number of hydrogen-bond acceptors (Lipinski definition) is 5. The second-order valence-electron chi connectivity index (χ2n) is 6.21. The number of halogens is 1. The van der Waals surface area contributed by atoms with Gasteiger partial charge >= 0.3 is 5.97 Å². The molecule has 0 aliphatic carbocycles. The van der Waals surface area contributed by atoms with Crippen molar-refractivity contribution in [3.05, 3.63) is 71.0 Å². The predicted octanol–water partition coefficient (Wildman–Crippen LogP) is 3.41. The lowest BCUT2D eigenvalue weighted by Gasteiger charge is -2.17. The van der Waals surface area contributed by atoms with Crippen LogP contribution in [0.15, 0.2) is 48.5 Å². The Morgan fingerprint density at radius 2 is 1.82 bits per heavy atom. The average Bonchev–Trinajstić information content (AvgIpc) is 2.69. The number of aryl methyl sites for hydroxylation is 1. The van der Waals surface area contributed by atoms with Crippen LogP contribution in [0.2, 0.25) is 0 Å². The number of Topliss-reactive ketones (excluding diaryl/α,β-unsaturated/α-hetero) is 1. The summed E-state index contributed by atoms with van der Waals surface area (Å²) in [6.45, 7) is 1.40. The van der Waals surface area contributed by atoms with Crippen LogP contribution in [0.1, 0.15) is 32.7 Å². The summed E-state index contributed by atoms with van der Waals surface area (Å²) in [7, 11) is 0. The van der Waals surface area contributed by atoms with Crippen molar-refractivity contribution < 1.29 is 23.5 Å². The largest absolute Gasteiger partial charge is 0.456 e. The Morgan fingerprint density at radius 3 is 2.46 bits per heavy atom. The summed E-state index contributed by atoms with van der Waals surface area (Å²) in [5.74, 6) is -1.31. The molecule has 7 heteroatoms. The van der Waals surface area contributed by atoms with Crippen molar-refractivity contribution in [3.8, 4) is 0 Å². The molecule has 0 fully saturated rings. The van der Waals surface area contributed by atoms with Crippen molar-refractivity contribution in [3.63, 3.8) is 0 Å². The minimum atomic E-state index is -0.860. The quantitative estimate of drug-likeness (QED) is 0.513. The minimum Gasteiger partial charge on any atom is -0.456 e. The molecule has 2 rings (SSSR count). The summed E-state index contributed by atoms with van der Waals surface area (Å²) in [6, 6.07) is 11.2. The molecule has 0 bridgehead atoms. The van der Waals surface area contributed by atoms with Gasteiger partial charge in [0.25, 0.3) is 5.91 Å². The molecule has 0 aliphatic heterocycles. The maximum absolute atomic E-state index is 12.9. The van der Waals surface area contributed by atoms with Gasteiger partial charge in [0, 0.05) is 11.1 Å². The molecule has 1 atom stereocenters. The van der Waals surface area contributed by atoms with Crippen LogP contribution in [0.25, 0.3) is 0 Å². The number of ketones is 1. The zero-order valence-electron chi connectivity index (χ0n) is 15.7. The molecule has 0 radical (unpaired) electrons. The molecular weight excluding hydrogens is 381 g/mol. The van der Waals surface area contributed by atoms with Crippen molar-refractivity contribution in [2.75, 3.05) is 18.6 Å². The van der Waals surface area contributed by atoms with E-state index in [1.807, 2.05) is 19.2 Å². The maximum Gasteiger partial charge on any atom is 0.329 e. The Bertz CT molecular complexity index is 839. The van der Waals surface area contributed by atoms with Gasteiger partial charge in [0.05, 0.1) is 0 Å². The van der Waals surface area contributed by atoms with Gasteiger partial charge in [-0.25, -0.2) is 9.18 Å². The van der Waals surface area contributed by atoms with Gasteiger partial charge in [0.1, 0.15) is 11.9 Å². The van der Waals surface area contributed by atoms with Gasteiger partial charge in [0.2, 0.25) is 0 Å². The molecule has 5 nitrogen and oxygen atoms in total. The lowest BCUT2D eigenvalue weighted by Crippen LogP contribution is -2.42. The van der Waals surface area contributed by atoms with Crippen LogP contribution >= 0.6 is 11.8 Å². The first kappa shape index (κ1) is 21.6. The molecule has 1 amide bonds. The SMILES string of the molecule is CSCC[C@@H](NC(=O)c1cccc(C)c1)C(=O)OCC(=O)c1ccc(F)cc1. The van der Waals surface area contributed by atoms with Crippen molar-refractivity contribution in [1.82, 2.24) is 5.32 Å². The second-order valence-corrected chi connectivity index (χ2v) is 7.20. The molecule has 0 aliphatic rings. The Hall–Kier alpha value is -2.67. The highest BCUT2D eigenvalue weighted by molar-refractivity contribution is 7.98. The standard InChI is InChI=1S/C21H22FNO4S/c1-14-4-3-5-16(12-14)20(25)23-18(10-11-28-2)21(26)27-13-19(24)15-6-8-17(22)9-7-15/h3-9,12,18H,10-11,13H2,1-2H3,(H,23,25)/t18-/m1/s1. The van der Waals surface area contributed by atoms with Crippen LogP contribution in [0, 0.1) is 12.7 Å². The van der Waals surface area contributed by atoms with Crippen molar-refractivity contribution >= 4 is 29.4 Å². The van der Waals surface area contributed by atoms with Gasteiger partial charge in [-0.05, 0) is 61.8 Å². The smallest absolute Gasteiger partial charge is 0.329 e. The Labute approximate surface area is 167 Å². The van der Waals surface area contributed by atoms with Gasteiger partial charge in [-0.2, -0.15) is 11.8 Å². The molecule has 2 aromatic carbocycles. The van der Waals surface area contributed by atoms with Crippen molar-refractivity contribution in [2.45, 2.75) is 19.4 Å². The summed E-state index contributed by atoms with van der Waals surface area (Å²) in [5, 5.41) is 2.68. The number of carbonyl (C=O) groups excluding carboxylic acids is 3. The number of amides is 1. The highest BCUT2D eigenvalue weighted by Gasteiger charge is 2.23. The molecule has 0 unspecified atom stereocenters. The minimum absolute atomic E-state index is 0.249. The van der Waals surface area contributed by atoms with E-state index >= 15 is 0 Å². The number of carbonyl (C=O) groups is 3. The first-order chi connectivity index (χ1) is 13.4. The van der Waals surface area contributed by atoms with E-state index in [1.165, 1.54) is 36.0 Å². The number of nitrogens with one attached hydrogen (secondary N) is 1. The highest BCUT2D eigenvalue weighted by Crippen LogP contribution is 2.09. The van der Waals surface area contributed by atoms with Gasteiger partial charge in [-0.1, -0.05) is 17.7 Å². The number of hydrogen-bond donors (Lipinski definition) is 1.